The summed E-state index contributed by atoms with van der Waals surface area (Å²) >= 11 is 0. The van der Waals surface area contributed by atoms with Crippen molar-refractivity contribution in [3.63, 3.8) is 0 Å². The summed E-state index contributed by atoms with van der Waals surface area (Å²) in [6.07, 6.45) is 0.830. The van der Waals surface area contributed by atoms with Crippen LogP contribution in [0, 0.1) is 5.92 Å². The van der Waals surface area contributed by atoms with Crippen LogP contribution < -0.4 is 5.32 Å². The highest BCUT2D eigenvalue weighted by Crippen LogP contribution is 2.31. The summed E-state index contributed by atoms with van der Waals surface area (Å²) in [5.74, 6) is 0.652. The number of hydrogen-bond donors (Lipinski definition) is 1. The molecule has 86 valence electrons. The van der Waals surface area contributed by atoms with Gasteiger partial charge in [0.1, 0.15) is 16.4 Å². The van der Waals surface area contributed by atoms with Gasteiger partial charge in [0, 0.05) is 0 Å². The van der Waals surface area contributed by atoms with Crippen LogP contribution >= 0.6 is 0 Å². The molecule has 0 spiro atoms. The number of amides is 1. The largest absolute Gasteiger partial charge is 0.447 e. The topological polar surface area (TPSA) is 72.5 Å². The lowest BCUT2D eigenvalue weighted by atomic mass is 9.82. The number of carbonyl (C=O) groups excluding carboxylic acids is 1. The highest BCUT2D eigenvalue weighted by atomic mass is 32.2. The first-order valence-corrected chi connectivity index (χ1v) is 6.89. The Bertz CT molecular complexity index is 364. The van der Waals surface area contributed by atoms with Gasteiger partial charge in [-0.1, -0.05) is 0 Å². The normalized spacial score (nSPS) is 35.9. The minimum Gasteiger partial charge on any atom is -0.447 e. The molecule has 0 saturated carbocycles. The third kappa shape index (κ3) is 2.09. The maximum atomic E-state index is 11.3. The Kier molecular flexibility index (Phi) is 2.41. The van der Waals surface area contributed by atoms with E-state index in [0.29, 0.717) is 19.4 Å². The first kappa shape index (κ1) is 10.7. The Morgan fingerprint density at radius 1 is 1.40 bits per heavy atom. The van der Waals surface area contributed by atoms with Crippen LogP contribution in [-0.4, -0.2) is 38.2 Å². The van der Waals surface area contributed by atoms with Gasteiger partial charge in [-0.3, -0.25) is 0 Å². The predicted octanol–water partition coefficient (Wildman–Crippen LogP) is 0.310. The molecule has 2 fully saturated rings. The monoisotopic (exact) mass is 233 g/mol. The van der Waals surface area contributed by atoms with Crippen molar-refractivity contribution in [1.82, 2.24) is 5.32 Å². The van der Waals surface area contributed by atoms with Gasteiger partial charge in [-0.25, -0.2) is 13.2 Å². The summed E-state index contributed by atoms with van der Waals surface area (Å²) in [4.78, 5) is 11.0. The zero-order chi connectivity index (χ0) is 11.1. The molecule has 2 saturated heterocycles. The fourth-order valence-electron chi connectivity index (χ4n) is 2.27. The van der Waals surface area contributed by atoms with Gasteiger partial charge in [0.25, 0.3) is 0 Å². The van der Waals surface area contributed by atoms with E-state index in [1.807, 2.05) is 6.92 Å². The van der Waals surface area contributed by atoms with Gasteiger partial charge in [-0.15, -0.1) is 0 Å². The number of hydrogen-bond acceptors (Lipinski definition) is 4. The Hall–Kier alpha value is -0.780. The first-order valence-electron chi connectivity index (χ1n) is 5.07. The third-order valence-corrected chi connectivity index (χ3v) is 5.06. The highest BCUT2D eigenvalue weighted by molar-refractivity contribution is 7.91. The minimum atomic E-state index is -2.84. The molecule has 0 aromatic rings. The van der Waals surface area contributed by atoms with Gasteiger partial charge >= 0.3 is 6.09 Å². The summed E-state index contributed by atoms with van der Waals surface area (Å²) < 4.78 is 27.4. The Morgan fingerprint density at radius 2 is 2.00 bits per heavy atom. The van der Waals surface area contributed by atoms with E-state index in [9.17, 15) is 13.2 Å². The molecule has 1 atom stereocenters. The molecular formula is C9H15NO4S. The van der Waals surface area contributed by atoms with Crippen molar-refractivity contribution < 1.29 is 17.9 Å². The lowest BCUT2D eigenvalue weighted by molar-refractivity contribution is 0.162. The van der Waals surface area contributed by atoms with Crippen molar-refractivity contribution in [2.24, 2.45) is 5.92 Å². The quantitative estimate of drug-likeness (QED) is 0.707. The number of carbonyl (C=O) groups is 1. The molecule has 15 heavy (non-hydrogen) atoms. The van der Waals surface area contributed by atoms with Crippen molar-refractivity contribution in [2.45, 2.75) is 25.3 Å². The van der Waals surface area contributed by atoms with Crippen molar-refractivity contribution in [2.75, 3.05) is 18.1 Å². The summed E-state index contributed by atoms with van der Waals surface area (Å²) in [5, 5.41) is 2.77. The van der Waals surface area contributed by atoms with Gasteiger partial charge in [0.05, 0.1) is 17.0 Å². The fourth-order valence-corrected chi connectivity index (χ4v) is 3.76. The molecule has 1 unspecified atom stereocenters. The van der Waals surface area contributed by atoms with Crippen LogP contribution in [0.1, 0.15) is 19.8 Å². The molecule has 2 heterocycles. The van der Waals surface area contributed by atoms with E-state index < -0.39 is 15.9 Å². The van der Waals surface area contributed by atoms with Gasteiger partial charge in [0.2, 0.25) is 0 Å². The van der Waals surface area contributed by atoms with E-state index >= 15 is 0 Å². The lowest BCUT2D eigenvalue weighted by Gasteiger charge is -2.34. The molecule has 0 radical (unpaired) electrons. The van der Waals surface area contributed by atoms with Crippen molar-refractivity contribution in [1.29, 1.82) is 0 Å². The molecule has 6 heteroatoms. The van der Waals surface area contributed by atoms with Crippen molar-refractivity contribution in [3.05, 3.63) is 0 Å². The maximum absolute atomic E-state index is 11.3. The first-order chi connectivity index (χ1) is 6.91. The standard InChI is InChI=1S/C9H15NO4S/c1-9(6-14-8(11)10-9)7-2-4-15(12,13)5-3-7/h7H,2-6H2,1H3,(H,10,11). The van der Waals surface area contributed by atoms with Crippen molar-refractivity contribution in [3.8, 4) is 0 Å². The van der Waals surface area contributed by atoms with Gasteiger partial charge in [0.15, 0.2) is 0 Å². The average molecular weight is 233 g/mol. The van der Waals surface area contributed by atoms with Crippen LogP contribution in [0.15, 0.2) is 0 Å². The zero-order valence-corrected chi connectivity index (χ0v) is 9.47. The fraction of sp³-hybridized carbons (Fsp3) is 0.889. The molecule has 1 amide bonds. The van der Waals surface area contributed by atoms with Crippen molar-refractivity contribution >= 4 is 15.9 Å². The second-order valence-corrected chi connectivity index (χ2v) is 6.85. The number of ether oxygens (including phenoxy) is 1. The molecule has 2 aliphatic rings. The van der Waals surface area contributed by atoms with Gasteiger partial charge in [-0.2, -0.15) is 0 Å². The number of alkyl carbamates (subject to hydrolysis) is 1. The molecule has 2 aliphatic heterocycles. The van der Waals surface area contributed by atoms with E-state index in [-0.39, 0.29) is 23.0 Å². The average Bonchev–Trinajstić information content (AvgIpc) is 2.47. The van der Waals surface area contributed by atoms with E-state index in [4.69, 9.17) is 4.74 Å². The number of sulfone groups is 1. The molecule has 2 rings (SSSR count). The summed E-state index contributed by atoms with van der Waals surface area (Å²) in [7, 11) is -2.84. The minimum absolute atomic E-state index is 0.201. The van der Waals surface area contributed by atoms with Gasteiger partial charge in [-0.05, 0) is 25.7 Å². The van der Waals surface area contributed by atoms with Crippen LogP contribution in [0.4, 0.5) is 4.79 Å². The molecule has 0 aromatic heterocycles. The Morgan fingerprint density at radius 3 is 2.47 bits per heavy atom. The lowest BCUT2D eigenvalue weighted by Crippen LogP contribution is -2.49. The maximum Gasteiger partial charge on any atom is 0.407 e. The Balaban J connectivity index is 2.04. The molecule has 0 aromatic carbocycles. The molecule has 0 bridgehead atoms. The van der Waals surface area contributed by atoms with E-state index in [0.717, 1.165) is 0 Å². The van der Waals surface area contributed by atoms with E-state index in [1.165, 1.54) is 0 Å². The van der Waals surface area contributed by atoms with Crippen LogP contribution in [0.5, 0.6) is 0 Å². The van der Waals surface area contributed by atoms with E-state index in [2.05, 4.69) is 5.32 Å². The number of rotatable bonds is 1. The smallest absolute Gasteiger partial charge is 0.407 e. The van der Waals surface area contributed by atoms with Crippen LogP contribution in [0.3, 0.4) is 0 Å². The summed E-state index contributed by atoms with van der Waals surface area (Å²) in [6.45, 7) is 2.26. The molecule has 0 aliphatic carbocycles. The molecular weight excluding hydrogens is 218 g/mol. The summed E-state index contributed by atoms with van der Waals surface area (Å²) in [6, 6.07) is 0. The number of cyclic esters (lactones) is 1. The van der Waals surface area contributed by atoms with Crippen LogP contribution in [0.25, 0.3) is 0 Å². The predicted molar refractivity (Wildman–Crippen MR) is 54.3 cm³/mol. The van der Waals surface area contributed by atoms with E-state index in [1.54, 1.807) is 0 Å². The summed E-state index contributed by atoms with van der Waals surface area (Å²) in [5.41, 5.74) is -0.382. The van der Waals surface area contributed by atoms with Gasteiger partial charge < -0.3 is 10.1 Å². The number of nitrogens with one attached hydrogen (secondary N) is 1. The third-order valence-electron chi connectivity index (χ3n) is 3.35. The van der Waals surface area contributed by atoms with Crippen LogP contribution in [-0.2, 0) is 14.6 Å². The highest BCUT2D eigenvalue weighted by Gasteiger charge is 2.43. The molecule has 5 nitrogen and oxygen atoms in total. The zero-order valence-electron chi connectivity index (χ0n) is 8.65. The van der Waals surface area contributed by atoms with Crippen LogP contribution in [0.2, 0.25) is 0 Å². The second kappa shape index (κ2) is 3.37. The second-order valence-electron chi connectivity index (χ2n) is 4.54. The SMILES string of the molecule is CC1(C2CCS(=O)(=O)CC2)COC(=O)N1. The molecule has 1 N–H and O–H groups in total. The Labute approximate surface area is 89.1 Å².